The van der Waals surface area contributed by atoms with E-state index in [1.54, 1.807) is 17.4 Å². The summed E-state index contributed by atoms with van der Waals surface area (Å²) >= 11 is 1.70. The van der Waals surface area contributed by atoms with Crippen molar-refractivity contribution in [3.8, 4) is 0 Å². The van der Waals surface area contributed by atoms with Gasteiger partial charge in [-0.3, -0.25) is 0 Å². The van der Waals surface area contributed by atoms with Gasteiger partial charge >= 0.3 is 0 Å². The molecule has 0 atom stereocenters. The molecule has 1 aliphatic heterocycles. The van der Waals surface area contributed by atoms with Crippen LogP contribution >= 0.6 is 11.8 Å². The third-order valence-electron chi connectivity index (χ3n) is 1.11. The van der Waals surface area contributed by atoms with Crippen molar-refractivity contribution >= 4 is 11.8 Å². The molecule has 0 amide bonds. The van der Waals surface area contributed by atoms with Crippen LogP contribution in [-0.4, -0.2) is 11.0 Å². The third-order valence-corrected chi connectivity index (χ3v) is 1.94. The molecular formula is C5H11N5OS. The van der Waals surface area contributed by atoms with Crippen molar-refractivity contribution in [3.63, 3.8) is 0 Å². The average molecular weight is 189 g/mol. The molecule has 0 aromatic rings. The maximum Gasteiger partial charge on any atom is 0.0388 e. The van der Waals surface area contributed by atoms with Crippen molar-refractivity contribution < 1.29 is 5.21 Å². The molecule has 12 heavy (non-hydrogen) atoms. The number of hydrogen-bond acceptors (Lipinski definition) is 7. The minimum absolute atomic E-state index is 0.901. The lowest BCUT2D eigenvalue weighted by Gasteiger charge is -2.13. The minimum Gasteiger partial charge on any atom is -0.310 e. The van der Waals surface area contributed by atoms with Crippen LogP contribution in [0.15, 0.2) is 23.3 Å². The van der Waals surface area contributed by atoms with Crippen molar-refractivity contribution in [2.45, 2.75) is 0 Å². The molecule has 0 bridgehead atoms. The molecule has 68 valence electrons. The average Bonchev–Trinajstić information content (AvgIpc) is 2.14. The molecule has 1 heterocycles. The largest absolute Gasteiger partial charge is 0.310 e. The van der Waals surface area contributed by atoms with Crippen LogP contribution in [-0.2, 0) is 0 Å². The summed E-state index contributed by atoms with van der Waals surface area (Å²) in [6.45, 7) is 0. The Morgan fingerprint density at radius 1 is 1.33 bits per heavy atom. The molecule has 0 fully saturated rings. The Morgan fingerprint density at radius 3 is 2.92 bits per heavy atom. The highest BCUT2D eigenvalue weighted by Gasteiger charge is 1.96. The Bertz CT molecular complexity index is 183. The van der Waals surface area contributed by atoms with Crippen LogP contribution in [0.1, 0.15) is 0 Å². The highest BCUT2D eigenvalue weighted by atomic mass is 32.2. The first-order valence-corrected chi connectivity index (χ1v) is 4.36. The molecule has 1 aliphatic rings. The van der Waals surface area contributed by atoms with Gasteiger partial charge in [-0.2, -0.15) is 16.6 Å². The Balaban J connectivity index is 2.06. The summed E-state index contributed by atoms with van der Waals surface area (Å²) in [5, 5.41) is 10.1. The lowest BCUT2D eigenvalue weighted by atomic mass is 10.4. The summed E-state index contributed by atoms with van der Waals surface area (Å²) in [4.78, 5) is 0. The fourth-order valence-corrected chi connectivity index (χ4v) is 1.28. The summed E-state index contributed by atoms with van der Waals surface area (Å²) in [6.07, 6.45) is 3.91. The second-order valence-electron chi connectivity index (χ2n) is 1.94. The van der Waals surface area contributed by atoms with Gasteiger partial charge in [-0.15, -0.1) is 17.4 Å². The summed E-state index contributed by atoms with van der Waals surface area (Å²) < 4.78 is 0. The standard InChI is InChI=1S/C5H11N5OS/c11-10-9-8-7-6-5-2-1-3-12-4-5/h1-3,6-11H,4H2. The Kier molecular flexibility index (Phi) is 4.76. The topological polar surface area (TPSA) is 80.4 Å². The number of thioether (sulfide) groups is 1. The first-order valence-electron chi connectivity index (χ1n) is 3.31. The molecule has 0 spiro atoms. The molecule has 0 unspecified atom stereocenters. The second kappa shape index (κ2) is 6.00. The number of hydrazine groups is 4. The fourth-order valence-electron chi connectivity index (χ4n) is 0.645. The number of allylic oxidation sites excluding steroid dienone is 2. The van der Waals surface area contributed by atoms with Gasteiger partial charge in [0, 0.05) is 11.4 Å². The molecule has 0 aromatic heterocycles. The fraction of sp³-hybridized carbons (Fsp3) is 0.200. The van der Waals surface area contributed by atoms with Crippen LogP contribution in [0, 0.1) is 0 Å². The van der Waals surface area contributed by atoms with Crippen molar-refractivity contribution in [1.82, 2.24) is 27.6 Å². The zero-order valence-electron chi connectivity index (χ0n) is 6.29. The van der Waals surface area contributed by atoms with Gasteiger partial charge in [-0.05, 0) is 11.5 Å². The van der Waals surface area contributed by atoms with Crippen LogP contribution in [0.3, 0.4) is 0 Å². The van der Waals surface area contributed by atoms with Gasteiger partial charge in [0.15, 0.2) is 0 Å². The molecule has 0 saturated carbocycles. The van der Waals surface area contributed by atoms with E-state index in [4.69, 9.17) is 5.21 Å². The van der Waals surface area contributed by atoms with Gasteiger partial charge in [0.25, 0.3) is 0 Å². The maximum absolute atomic E-state index is 8.08. The van der Waals surface area contributed by atoms with Gasteiger partial charge in [0.2, 0.25) is 0 Å². The van der Waals surface area contributed by atoms with E-state index in [-0.39, 0.29) is 0 Å². The van der Waals surface area contributed by atoms with E-state index in [9.17, 15) is 0 Å². The van der Waals surface area contributed by atoms with Crippen molar-refractivity contribution in [2.75, 3.05) is 5.75 Å². The molecule has 0 radical (unpaired) electrons. The SMILES string of the molecule is ONNNNNC1=CC=CSC1. The van der Waals surface area contributed by atoms with E-state index in [0.717, 1.165) is 11.4 Å². The van der Waals surface area contributed by atoms with E-state index >= 15 is 0 Å². The van der Waals surface area contributed by atoms with E-state index in [0.29, 0.717) is 0 Å². The number of rotatable bonds is 5. The smallest absolute Gasteiger partial charge is 0.0388 e. The normalized spacial score (nSPS) is 15.9. The van der Waals surface area contributed by atoms with Gasteiger partial charge in [0.05, 0.1) is 0 Å². The summed E-state index contributed by atoms with van der Waals surface area (Å²) in [7, 11) is 0. The molecule has 6 N–H and O–H groups in total. The first kappa shape index (κ1) is 9.52. The first-order chi connectivity index (χ1) is 5.93. The highest BCUT2D eigenvalue weighted by molar-refractivity contribution is 8.02. The Morgan fingerprint density at radius 2 is 2.25 bits per heavy atom. The lowest BCUT2D eigenvalue weighted by Crippen LogP contribution is -2.54. The minimum atomic E-state index is 0.901. The molecule has 0 saturated heterocycles. The van der Waals surface area contributed by atoms with Crippen LogP contribution < -0.4 is 27.6 Å². The van der Waals surface area contributed by atoms with Crippen LogP contribution in [0.4, 0.5) is 0 Å². The zero-order chi connectivity index (χ0) is 8.65. The number of hydrogen-bond donors (Lipinski definition) is 6. The lowest BCUT2D eigenvalue weighted by molar-refractivity contribution is 0.0892. The van der Waals surface area contributed by atoms with Crippen LogP contribution in [0.25, 0.3) is 0 Å². The second-order valence-corrected chi connectivity index (χ2v) is 2.84. The summed E-state index contributed by atoms with van der Waals surface area (Å²) in [5.74, 6) is 0.901. The van der Waals surface area contributed by atoms with Crippen molar-refractivity contribution in [1.29, 1.82) is 0 Å². The van der Waals surface area contributed by atoms with Crippen molar-refractivity contribution in [3.05, 3.63) is 23.3 Å². The van der Waals surface area contributed by atoms with Crippen LogP contribution in [0.5, 0.6) is 0 Å². The predicted molar refractivity (Wildman–Crippen MR) is 47.1 cm³/mol. The van der Waals surface area contributed by atoms with E-state index < -0.39 is 0 Å². The molecule has 1 rings (SSSR count). The Labute approximate surface area is 74.3 Å². The van der Waals surface area contributed by atoms with E-state index in [1.807, 2.05) is 17.6 Å². The molecule has 7 heteroatoms. The number of nitrogens with one attached hydrogen (secondary N) is 5. The third kappa shape index (κ3) is 3.72. The van der Waals surface area contributed by atoms with Gasteiger partial charge < -0.3 is 10.6 Å². The summed E-state index contributed by atoms with van der Waals surface area (Å²) in [6, 6.07) is 0. The van der Waals surface area contributed by atoms with E-state index in [1.165, 1.54) is 0 Å². The molecular weight excluding hydrogens is 178 g/mol. The van der Waals surface area contributed by atoms with Crippen LogP contribution in [0.2, 0.25) is 0 Å². The van der Waals surface area contributed by atoms with Gasteiger partial charge in [-0.1, -0.05) is 6.08 Å². The van der Waals surface area contributed by atoms with Gasteiger partial charge in [-0.25, -0.2) is 0 Å². The maximum atomic E-state index is 8.08. The zero-order valence-corrected chi connectivity index (χ0v) is 7.11. The quantitative estimate of drug-likeness (QED) is 0.248. The molecule has 6 nitrogen and oxygen atoms in total. The van der Waals surface area contributed by atoms with Gasteiger partial charge in [0.1, 0.15) is 0 Å². The van der Waals surface area contributed by atoms with E-state index in [2.05, 4.69) is 22.0 Å². The predicted octanol–water partition coefficient (Wildman–Crippen LogP) is -0.872. The Hall–Kier alpha value is -0.570. The highest BCUT2D eigenvalue weighted by Crippen LogP contribution is 2.11. The van der Waals surface area contributed by atoms with Crippen molar-refractivity contribution in [2.24, 2.45) is 0 Å². The monoisotopic (exact) mass is 189 g/mol. The molecule has 0 aliphatic carbocycles. The summed E-state index contributed by atoms with van der Waals surface area (Å²) in [5.41, 5.74) is 12.9. The molecule has 0 aromatic carbocycles.